The first kappa shape index (κ1) is 75.6. The highest BCUT2D eigenvalue weighted by atomic mass is 16.6. The van der Waals surface area contributed by atoms with Gasteiger partial charge in [-0.2, -0.15) is 0 Å². The molecule has 0 aromatic heterocycles. The van der Waals surface area contributed by atoms with Gasteiger partial charge < -0.3 is 14.2 Å². The van der Waals surface area contributed by atoms with Crippen LogP contribution in [0.1, 0.15) is 342 Å². The Kier molecular flexibility index (Phi) is 64.2. The van der Waals surface area contributed by atoms with Crippen LogP contribution in [0, 0.1) is 0 Å². The summed E-state index contributed by atoms with van der Waals surface area (Å²) in [4.78, 5) is 38.4. The van der Waals surface area contributed by atoms with Crippen molar-refractivity contribution in [2.75, 3.05) is 13.2 Å². The lowest BCUT2D eigenvalue weighted by Crippen LogP contribution is -2.30. The molecule has 0 aliphatic carbocycles. The number of carbonyl (C=O) groups excluding carboxylic acids is 3. The summed E-state index contributed by atoms with van der Waals surface area (Å²) >= 11 is 0. The first-order valence-corrected chi connectivity index (χ1v) is 34.1. The molecule has 0 radical (unpaired) electrons. The van der Waals surface area contributed by atoms with Crippen molar-refractivity contribution in [3.05, 3.63) is 85.1 Å². The molecule has 456 valence electrons. The molecular formula is C73H128O6. The van der Waals surface area contributed by atoms with Gasteiger partial charge >= 0.3 is 17.9 Å². The van der Waals surface area contributed by atoms with Gasteiger partial charge in [-0.3, -0.25) is 14.4 Å². The maximum atomic E-state index is 12.9. The van der Waals surface area contributed by atoms with Gasteiger partial charge in [0, 0.05) is 19.3 Å². The van der Waals surface area contributed by atoms with Gasteiger partial charge in [0.2, 0.25) is 0 Å². The highest BCUT2D eigenvalue weighted by molar-refractivity contribution is 5.71. The van der Waals surface area contributed by atoms with E-state index >= 15 is 0 Å². The third-order valence-corrected chi connectivity index (χ3v) is 14.9. The monoisotopic (exact) mass is 1100 g/mol. The number of ether oxygens (including phenoxy) is 3. The Morgan fingerprint density at radius 3 is 0.797 bits per heavy atom. The quantitative estimate of drug-likeness (QED) is 0.0261. The molecule has 6 heteroatoms. The molecule has 0 saturated carbocycles. The van der Waals surface area contributed by atoms with Crippen LogP contribution in [0.15, 0.2) is 85.1 Å². The molecule has 0 N–H and O–H groups in total. The zero-order valence-electron chi connectivity index (χ0n) is 52.4. The summed E-state index contributed by atoms with van der Waals surface area (Å²) in [6, 6.07) is 0. The summed E-state index contributed by atoms with van der Waals surface area (Å²) in [6.45, 7) is 6.53. The Balaban J connectivity index is 4.27. The number of hydrogen-bond donors (Lipinski definition) is 0. The Bertz CT molecular complexity index is 1500. The molecule has 79 heavy (non-hydrogen) atoms. The minimum Gasteiger partial charge on any atom is -0.462 e. The van der Waals surface area contributed by atoms with Crippen molar-refractivity contribution in [2.45, 2.75) is 348 Å². The maximum Gasteiger partial charge on any atom is 0.306 e. The smallest absolute Gasteiger partial charge is 0.306 e. The minimum atomic E-state index is -0.781. The highest BCUT2D eigenvalue weighted by Gasteiger charge is 2.19. The Morgan fingerprint density at radius 1 is 0.266 bits per heavy atom. The standard InChI is InChI=1S/C73H128O6/c1-4-7-10-13-16-19-22-25-28-30-31-32-33-34-35-36-37-38-39-40-41-43-45-48-51-54-57-60-63-66-72(75)78-69-70(68-77-71(74)65-62-59-56-53-50-47-44-27-24-21-18-15-12-9-6-3)79-73(76)67-64-61-58-55-52-49-46-42-29-26-23-20-17-14-11-8-5-2/h7,10,16,18-19,21,25,27-28,31-32,34-35,44,70H,4-6,8-9,11-15,17,20,22-24,26,29-30,33,36-43,45-69H2,1-3H3/b10-7-,19-16-,21-18-,28-25-,32-31-,35-34-,44-27-. The Morgan fingerprint density at radius 2 is 0.494 bits per heavy atom. The number of carbonyl (C=O) groups is 3. The van der Waals surface area contributed by atoms with Gasteiger partial charge in [-0.1, -0.05) is 311 Å². The second-order valence-electron chi connectivity index (χ2n) is 22.7. The van der Waals surface area contributed by atoms with Crippen LogP contribution in [0.2, 0.25) is 0 Å². The van der Waals surface area contributed by atoms with E-state index in [-0.39, 0.29) is 31.1 Å². The first-order valence-electron chi connectivity index (χ1n) is 34.1. The van der Waals surface area contributed by atoms with Crippen LogP contribution in [0.3, 0.4) is 0 Å². The molecule has 0 spiro atoms. The number of rotatable bonds is 62. The van der Waals surface area contributed by atoms with Gasteiger partial charge in [-0.15, -0.1) is 0 Å². The largest absolute Gasteiger partial charge is 0.462 e. The predicted molar refractivity (Wildman–Crippen MR) is 344 cm³/mol. The van der Waals surface area contributed by atoms with Crippen LogP contribution in [0.25, 0.3) is 0 Å². The number of esters is 3. The number of unbranched alkanes of at least 4 members (excludes halogenated alkanes) is 37. The second kappa shape index (κ2) is 67.1. The normalized spacial score (nSPS) is 12.6. The van der Waals surface area contributed by atoms with Crippen LogP contribution in [-0.2, 0) is 28.6 Å². The average Bonchev–Trinajstić information content (AvgIpc) is 3.45. The lowest BCUT2D eigenvalue weighted by Gasteiger charge is -2.18. The summed E-state index contributed by atoms with van der Waals surface area (Å²) in [7, 11) is 0. The van der Waals surface area contributed by atoms with Crippen LogP contribution < -0.4 is 0 Å². The molecule has 1 unspecified atom stereocenters. The van der Waals surface area contributed by atoms with Crippen molar-refractivity contribution in [3.8, 4) is 0 Å². The van der Waals surface area contributed by atoms with E-state index in [0.717, 1.165) is 109 Å². The molecule has 0 aromatic rings. The zero-order chi connectivity index (χ0) is 57.1. The van der Waals surface area contributed by atoms with Gasteiger partial charge in [-0.05, 0) is 96.3 Å². The van der Waals surface area contributed by atoms with E-state index in [0.29, 0.717) is 19.3 Å². The summed E-state index contributed by atoms with van der Waals surface area (Å²) < 4.78 is 17.0. The fraction of sp³-hybridized carbons (Fsp3) is 0.767. The molecule has 0 aliphatic heterocycles. The van der Waals surface area contributed by atoms with Gasteiger partial charge in [0.1, 0.15) is 13.2 Å². The van der Waals surface area contributed by atoms with Crippen LogP contribution in [-0.4, -0.2) is 37.2 Å². The lowest BCUT2D eigenvalue weighted by atomic mass is 10.0. The van der Waals surface area contributed by atoms with Crippen molar-refractivity contribution in [3.63, 3.8) is 0 Å². The van der Waals surface area contributed by atoms with Crippen LogP contribution in [0.5, 0.6) is 0 Å². The van der Waals surface area contributed by atoms with Crippen molar-refractivity contribution in [1.82, 2.24) is 0 Å². The molecule has 0 bridgehead atoms. The van der Waals surface area contributed by atoms with Crippen molar-refractivity contribution >= 4 is 17.9 Å². The van der Waals surface area contributed by atoms with E-state index in [4.69, 9.17) is 14.2 Å². The third kappa shape index (κ3) is 65.3. The van der Waals surface area contributed by atoms with E-state index in [1.165, 1.54) is 193 Å². The first-order chi connectivity index (χ1) is 39.0. The van der Waals surface area contributed by atoms with Crippen molar-refractivity contribution in [1.29, 1.82) is 0 Å². The van der Waals surface area contributed by atoms with Gasteiger partial charge in [0.05, 0.1) is 0 Å². The molecule has 0 aromatic carbocycles. The Hall–Kier alpha value is -3.41. The molecule has 0 saturated heterocycles. The molecule has 0 fully saturated rings. The van der Waals surface area contributed by atoms with Gasteiger partial charge in [0.25, 0.3) is 0 Å². The Labute approximate surface area is 490 Å². The number of allylic oxidation sites excluding steroid dienone is 14. The molecular weight excluding hydrogens is 973 g/mol. The molecule has 6 nitrogen and oxygen atoms in total. The van der Waals surface area contributed by atoms with Crippen LogP contribution in [0.4, 0.5) is 0 Å². The van der Waals surface area contributed by atoms with Crippen molar-refractivity contribution < 1.29 is 28.6 Å². The zero-order valence-corrected chi connectivity index (χ0v) is 52.4. The van der Waals surface area contributed by atoms with Gasteiger partial charge in [-0.25, -0.2) is 0 Å². The minimum absolute atomic E-state index is 0.0777. The van der Waals surface area contributed by atoms with E-state index in [2.05, 4.69) is 106 Å². The lowest BCUT2D eigenvalue weighted by molar-refractivity contribution is -0.167. The average molecular weight is 1100 g/mol. The summed E-state index contributed by atoms with van der Waals surface area (Å²) in [5, 5.41) is 0. The highest BCUT2D eigenvalue weighted by Crippen LogP contribution is 2.17. The summed E-state index contributed by atoms with van der Waals surface area (Å²) in [5.74, 6) is -0.874. The van der Waals surface area contributed by atoms with Crippen molar-refractivity contribution in [2.24, 2.45) is 0 Å². The molecule has 0 amide bonds. The summed E-state index contributed by atoms with van der Waals surface area (Å²) in [6.07, 6.45) is 88.8. The van der Waals surface area contributed by atoms with E-state index < -0.39 is 6.10 Å². The fourth-order valence-electron chi connectivity index (χ4n) is 9.80. The second-order valence-corrected chi connectivity index (χ2v) is 22.7. The predicted octanol–water partition coefficient (Wildman–Crippen LogP) is 23.4. The van der Waals surface area contributed by atoms with Gasteiger partial charge in [0.15, 0.2) is 6.10 Å². The SMILES string of the molecule is CC/C=C\C/C=C\C/C=C\C/C=C\C/C=C\CCCCCCCCCCCCCCCC(=O)OCC(COC(=O)CCCCCCC/C=C\C/C=C\CCCCC)OC(=O)CCCCCCCCCCCCCCCCCCC. The molecule has 1 atom stereocenters. The van der Waals surface area contributed by atoms with E-state index in [9.17, 15) is 14.4 Å². The molecule has 0 aliphatic rings. The third-order valence-electron chi connectivity index (χ3n) is 14.9. The maximum absolute atomic E-state index is 12.9. The van der Waals surface area contributed by atoms with E-state index in [1.807, 2.05) is 0 Å². The number of hydrogen-bond acceptors (Lipinski definition) is 6. The topological polar surface area (TPSA) is 78.9 Å². The molecule has 0 heterocycles. The summed E-state index contributed by atoms with van der Waals surface area (Å²) in [5.41, 5.74) is 0. The fourth-order valence-corrected chi connectivity index (χ4v) is 9.80. The van der Waals surface area contributed by atoms with Crippen LogP contribution >= 0.6 is 0 Å². The van der Waals surface area contributed by atoms with E-state index in [1.54, 1.807) is 0 Å². The molecule has 0 rings (SSSR count).